The van der Waals surface area contributed by atoms with Gasteiger partial charge in [-0.1, -0.05) is 11.6 Å². The Morgan fingerprint density at radius 2 is 2.05 bits per heavy atom. The molecule has 4 atom stereocenters. The number of hydrogen-bond acceptors (Lipinski definition) is 6. The first-order valence-corrected chi connectivity index (χ1v) is 6.44. The molecule has 1 aliphatic heterocycles. The summed E-state index contributed by atoms with van der Waals surface area (Å²) in [5.41, 5.74) is -0.502. The van der Waals surface area contributed by atoms with Crippen LogP contribution in [0.3, 0.4) is 0 Å². The third-order valence-corrected chi connectivity index (χ3v) is 3.44. The number of methoxy groups -OCH3 is 3. The maximum Gasteiger partial charge on any atom is 0.351 e. The molecule has 0 radical (unpaired) electrons. The van der Waals surface area contributed by atoms with Crippen LogP contribution < -0.4 is 5.69 Å². The Bertz CT molecular complexity index is 509. The summed E-state index contributed by atoms with van der Waals surface area (Å²) in [5.74, 6) is 0. The van der Waals surface area contributed by atoms with Crippen LogP contribution >= 0.6 is 11.6 Å². The smallest absolute Gasteiger partial charge is 0.351 e. The molecule has 7 nitrogen and oxygen atoms in total. The van der Waals surface area contributed by atoms with Gasteiger partial charge in [0.15, 0.2) is 6.23 Å². The molecule has 112 valence electrons. The zero-order valence-electron chi connectivity index (χ0n) is 11.5. The monoisotopic (exact) mass is 304 g/mol. The van der Waals surface area contributed by atoms with Crippen molar-refractivity contribution >= 4 is 11.6 Å². The molecule has 0 aromatic carbocycles. The van der Waals surface area contributed by atoms with Crippen LogP contribution in [0.4, 0.5) is 0 Å². The van der Waals surface area contributed by atoms with Gasteiger partial charge in [-0.15, -0.1) is 0 Å². The predicted octanol–water partition coefficient (Wildman–Crippen LogP) is 0.470. The summed E-state index contributed by atoms with van der Waals surface area (Å²) in [6.45, 7) is 0.338. The zero-order chi connectivity index (χ0) is 14.7. The SMILES string of the molecule is COC[C@H]1O[C@@H](n2ccc(Cl)nc2=O)[C@@H](OC)C1OC. The van der Waals surface area contributed by atoms with Gasteiger partial charge in [0.1, 0.15) is 23.5 Å². The first kappa shape index (κ1) is 15.4. The standard InChI is InChI=1S/C12H17ClN2O5/c1-17-6-7-9(18-2)10(19-3)11(20-7)15-5-4-8(13)14-12(15)16/h4-5,7,9-11H,6H2,1-3H3/t7-,9?,10+,11-/m1/s1. The summed E-state index contributed by atoms with van der Waals surface area (Å²) >= 11 is 5.69. The van der Waals surface area contributed by atoms with Gasteiger partial charge in [0.2, 0.25) is 0 Å². The van der Waals surface area contributed by atoms with Gasteiger partial charge in [-0.3, -0.25) is 4.57 Å². The Balaban J connectivity index is 2.32. The second-order valence-corrected chi connectivity index (χ2v) is 4.75. The molecule has 8 heteroatoms. The molecular weight excluding hydrogens is 288 g/mol. The van der Waals surface area contributed by atoms with Crippen LogP contribution in [-0.4, -0.2) is 55.8 Å². The van der Waals surface area contributed by atoms with Crippen molar-refractivity contribution in [3.63, 3.8) is 0 Å². The highest BCUT2D eigenvalue weighted by Gasteiger charge is 2.46. The minimum atomic E-state index is -0.637. The van der Waals surface area contributed by atoms with Gasteiger partial charge in [0.25, 0.3) is 0 Å². The van der Waals surface area contributed by atoms with E-state index in [9.17, 15) is 4.79 Å². The van der Waals surface area contributed by atoms with Crippen molar-refractivity contribution in [2.75, 3.05) is 27.9 Å². The molecular formula is C12H17ClN2O5. The molecule has 1 aromatic heterocycles. The van der Waals surface area contributed by atoms with E-state index in [1.165, 1.54) is 23.9 Å². The van der Waals surface area contributed by atoms with Crippen LogP contribution in [0.5, 0.6) is 0 Å². The van der Waals surface area contributed by atoms with Crippen molar-refractivity contribution in [1.29, 1.82) is 0 Å². The Labute approximate surface area is 121 Å². The molecule has 2 heterocycles. The highest BCUT2D eigenvalue weighted by atomic mass is 35.5. The van der Waals surface area contributed by atoms with Gasteiger partial charge < -0.3 is 18.9 Å². The summed E-state index contributed by atoms with van der Waals surface area (Å²) in [6, 6.07) is 1.52. The molecule has 0 saturated carbocycles. The maximum atomic E-state index is 11.9. The van der Waals surface area contributed by atoms with E-state index in [-0.39, 0.29) is 17.4 Å². The molecule has 2 rings (SSSR count). The van der Waals surface area contributed by atoms with Gasteiger partial charge in [-0.2, -0.15) is 4.98 Å². The quantitative estimate of drug-likeness (QED) is 0.737. The molecule has 0 spiro atoms. The number of ether oxygens (including phenoxy) is 4. The van der Waals surface area contributed by atoms with Crippen LogP contribution in [-0.2, 0) is 18.9 Å². The molecule has 0 N–H and O–H groups in total. The fourth-order valence-electron chi connectivity index (χ4n) is 2.35. The summed E-state index contributed by atoms with van der Waals surface area (Å²) < 4.78 is 23.1. The van der Waals surface area contributed by atoms with E-state index in [1.54, 1.807) is 14.2 Å². The molecule has 1 unspecified atom stereocenters. The minimum absolute atomic E-state index is 0.134. The Hall–Kier alpha value is -0.990. The number of nitrogens with zero attached hydrogens (tertiary/aromatic N) is 2. The lowest BCUT2D eigenvalue weighted by Gasteiger charge is -2.22. The predicted molar refractivity (Wildman–Crippen MR) is 70.9 cm³/mol. The molecule has 20 heavy (non-hydrogen) atoms. The van der Waals surface area contributed by atoms with E-state index in [4.69, 9.17) is 30.5 Å². The van der Waals surface area contributed by atoms with Gasteiger partial charge in [0.05, 0.1) is 6.61 Å². The fourth-order valence-corrected chi connectivity index (χ4v) is 2.48. The zero-order valence-corrected chi connectivity index (χ0v) is 12.2. The van der Waals surface area contributed by atoms with Gasteiger partial charge in [0, 0.05) is 27.5 Å². The number of aromatic nitrogens is 2. The van der Waals surface area contributed by atoms with E-state index in [1.807, 2.05) is 0 Å². The average molecular weight is 305 g/mol. The molecule has 0 aliphatic carbocycles. The van der Waals surface area contributed by atoms with Crippen LogP contribution in [0, 0.1) is 0 Å². The van der Waals surface area contributed by atoms with Gasteiger partial charge in [-0.25, -0.2) is 4.79 Å². The number of rotatable bonds is 5. The highest BCUT2D eigenvalue weighted by molar-refractivity contribution is 6.29. The van der Waals surface area contributed by atoms with Crippen LogP contribution in [0.15, 0.2) is 17.1 Å². The molecule has 1 aliphatic rings. The topological polar surface area (TPSA) is 71.8 Å². The first-order chi connectivity index (χ1) is 9.62. The van der Waals surface area contributed by atoms with Crippen molar-refractivity contribution in [3.05, 3.63) is 27.9 Å². The van der Waals surface area contributed by atoms with E-state index in [2.05, 4.69) is 4.98 Å². The average Bonchev–Trinajstić information content (AvgIpc) is 2.76. The molecule has 0 bridgehead atoms. The van der Waals surface area contributed by atoms with Crippen molar-refractivity contribution in [3.8, 4) is 0 Å². The number of halogens is 1. The number of hydrogen-bond donors (Lipinski definition) is 0. The minimum Gasteiger partial charge on any atom is -0.382 e. The Morgan fingerprint density at radius 1 is 1.35 bits per heavy atom. The van der Waals surface area contributed by atoms with Crippen molar-refractivity contribution in [1.82, 2.24) is 9.55 Å². The Morgan fingerprint density at radius 3 is 2.60 bits per heavy atom. The van der Waals surface area contributed by atoms with Gasteiger partial charge in [-0.05, 0) is 6.07 Å². The van der Waals surface area contributed by atoms with Gasteiger partial charge >= 0.3 is 5.69 Å². The summed E-state index contributed by atoms with van der Waals surface area (Å²) in [4.78, 5) is 15.6. The second kappa shape index (κ2) is 6.64. The summed E-state index contributed by atoms with van der Waals surface area (Å²) in [5, 5.41) is 0.134. The third kappa shape index (κ3) is 2.87. The molecule has 0 amide bonds. The van der Waals surface area contributed by atoms with E-state index in [0.29, 0.717) is 6.61 Å². The van der Waals surface area contributed by atoms with E-state index in [0.717, 1.165) is 0 Å². The molecule has 1 saturated heterocycles. The summed E-state index contributed by atoms with van der Waals surface area (Å²) in [6.07, 6.45) is -0.228. The highest BCUT2D eigenvalue weighted by Crippen LogP contribution is 2.32. The van der Waals surface area contributed by atoms with Crippen LogP contribution in [0.1, 0.15) is 6.23 Å². The molecule has 1 fully saturated rings. The fraction of sp³-hybridized carbons (Fsp3) is 0.667. The van der Waals surface area contributed by atoms with E-state index < -0.39 is 18.0 Å². The van der Waals surface area contributed by atoms with Crippen molar-refractivity contribution in [2.24, 2.45) is 0 Å². The van der Waals surface area contributed by atoms with E-state index >= 15 is 0 Å². The second-order valence-electron chi connectivity index (χ2n) is 4.36. The lowest BCUT2D eigenvalue weighted by molar-refractivity contribution is -0.0672. The maximum absolute atomic E-state index is 11.9. The summed E-state index contributed by atoms with van der Waals surface area (Å²) in [7, 11) is 4.67. The first-order valence-electron chi connectivity index (χ1n) is 6.07. The Kier molecular flexibility index (Phi) is 5.11. The lowest BCUT2D eigenvalue weighted by atomic mass is 10.1. The largest absolute Gasteiger partial charge is 0.382 e. The van der Waals surface area contributed by atoms with Crippen molar-refractivity contribution < 1.29 is 18.9 Å². The van der Waals surface area contributed by atoms with Crippen LogP contribution in [0.2, 0.25) is 5.15 Å². The lowest BCUT2D eigenvalue weighted by Crippen LogP contribution is -2.38. The molecule has 1 aromatic rings. The van der Waals surface area contributed by atoms with Crippen LogP contribution in [0.25, 0.3) is 0 Å². The van der Waals surface area contributed by atoms with Crippen molar-refractivity contribution in [2.45, 2.75) is 24.5 Å². The normalized spacial score (nSPS) is 29.8. The third-order valence-electron chi connectivity index (χ3n) is 3.23.